The maximum absolute atomic E-state index is 14.4. The van der Waals surface area contributed by atoms with Gasteiger partial charge in [-0.3, -0.25) is 4.79 Å². The molecule has 2 N–H and O–H groups in total. The van der Waals surface area contributed by atoms with Gasteiger partial charge in [-0.1, -0.05) is 6.07 Å². The molecule has 0 bridgehead atoms. The first-order valence-corrected chi connectivity index (χ1v) is 10.2. The largest absolute Gasteiger partial charge is 0.493 e. The smallest absolute Gasteiger partial charge is 0.254 e. The molecule has 8 nitrogen and oxygen atoms in total. The van der Waals surface area contributed by atoms with E-state index in [1.54, 1.807) is 47.6 Å². The highest BCUT2D eigenvalue weighted by molar-refractivity contribution is 5.95. The van der Waals surface area contributed by atoms with Gasteiger partial charge in [0.1, 0.15) is 0 Å². The van der Waals surface area contributed by atoms with Crippen molar-refractivity contribution < 1.29 is 18.7 Å². The van der Waals surface area contributed by atoms with Gasteiger partial charge in [-0.05, 0) is 42.0 Å². The SMILES string of the molecule is COc1ccc(C(=O)N2CCN(c3ncccn3)CC2)cc1Oc1ccc(CN)cc1F.Cl.Cl. The van der Waals surface area contributed by atoms with Crippen LogP contribution in [0, 0.1) is 5.82 Å². The number of piperazine rings is 1. The summed E-state index contributed by atoms with van der Waals surface area (Å²) in [4.78, 5) is 25.4. The number of carbonyl (C=O) groups is 1. The fourth-order valence-corrected chi connectivity index (χ4v) is 3.51. The summed E-state index contributed by atoms with van der Waals surface area (Å²) in [6, 6.07) is 11.2. The summed E-state index contributed by atoms with van der Waals surface area (Å²) in [6.45, 7) is 2.57. The normalized spacial score (nSPS) is 12.9. The summed E-state index contributed by atoms with van der Waals surface area (Å²) in [7, 11) is 1.49. The van der Waals surface area contributed by atoms with Gasteiger partial charge in [0, 0.05) is 50.7 Å². The monoisotopic (exact) mass is 509 g/mol. The summed E-state index contributed by atoms with van der Waals surface area (Å²) < 4.78 is 25.5. The number of rotatable bonds is 6. The molecule has 0 spiro atoms. The highest BCUT2D eigenvalue weighted by Gasteiger charge is 2.24. The van der Waals surface area contributed by atoms with Crippen LogP contribution in [0.3, 0.4) is 0 Å². The van der Waals surface area contributed by atoms with Crippen LogP contribution >= 0.6 is 24.8 Å². The molecule has 1 aromatic heterocycles. The van der Waals surface area contributed by atoms with E-state index >= 15 is 0 Å². The van der Waals surface area contributed by atoms with Crippen molar-refractivity contribution in [1.29, 1.82) is 0 Å². The van der Waals surface area contributed by atoms with E-state index in [1.165, 1.54) is 19.2 Å². The Morgan fingerprint density at radius 2 is 1.68 bits per heavy atom. The molecule has 1 aliphatic heterocycles. The number of anilines is 1. The van der Waals surface area contributed by atoms with Crippen LogP contribution in [0.5, 0.6) is 17.2 Å². The Balaban J connectivity index is 0.00000204. The summed E-state index contributed by atoms with van der Waals surface area (Å²) in [5, 5.41) is 0. The predicted octanol–water partition coefficient (Wildman–Crippen LogP) is 3.68. The lowest BCUT2D eigenvalue weighted by atomic mass is 10.1. The van der Waals surface area contributed by atoms with E-state index in [0.717, 1.165) is 0 Å². The Hall–Kier alpha value is -3.14. The molecule has 11 heteroatoms. The number of nitrogens with zero attached hydrogens (tertiary/aromatic N) is 4. The highest BCUT2D eigenvalue weighted by Crippen LogP contribution is 2.34. The van der Waals surface area contributed by atoms with Gasteiger partial charge in [0.15, 0.2) is 23.1 Å². The molecular weight excluding hydrogens is 484 g/mol. The number of benzene rings is 2. The van der Waals surface area contributed by atoms with Crippen molar-refractivity contribution in [3.05, 3.63) is 71.8 Å². The lowest BCUT2D eigenvalue weighted by molar-refractivity contribution is 0.0746. The van der Waals surface area contributed by atoms with Gasteiger partial charge in [-0.2, -0.15) is 0 Å². The van der Waals surface area contributed by atoms with Crippen molar-refractivity contribution >= 4 is 36.7 Å². The number of halogens is 3. The van der Waals surface area contributed by atoms with E-state index in [4.69, 9.17) is 15.2 Å². The van der Waals surface area contributed by atoms with Crippen molar-refractivity contribution in [3.63, 3.8) is 0 Å². The summed E-state index contributed by atoms with van der Waals surface area (Å²) in [6.07, 6.45) is 3.40. The van der Waals surface area contributed by atoms with E-state index < -0.39 is 5.82 Å². The third-order valence-corrected chi connectivity index (χ3v) is 5.26. The summed E-state index contributed by atoms with van der Waals surface area (Å²) in [5.74, 6) is 0.670. The Morgan fingerprint density at radius 3 is 2.29 bits per heavy atom. The second-order valence-corrected chi connectivity index (χ2v) is 7.26. The zero-order valence-electron chi connectivity index (χ0n) is 18.5. The minimum Gasteiger partial charge on any atom is -0.493 e. The van der Waals surface area contributed by atoms with Crippen LogP contribution in [0.4, 0.5) is 10.3 Å². The number of methoxy groups -OCH3 is 1. The molecule has 1 saturated heterocycles. The lowest BCUT2D eigenvalue weighted by Gasteiger charge is -2.34. The van der Waals surface area contributed by atoms with E-state index in [0.29, 0.717) is 49.0 Å². The minimum absolute atomic E-state index is 0. The number of amides is 1. The third-order valence-electron chi connectivity index (χ3n) is 5.26. The average Bonchev–Trinajstić information content (AvgIpc) is 2.85. The first-order chi connectivity index (χ1) is 15.6. The number of ether oxygens (including phenoxy) is 2. The van der Waals surface area contributed by atoms with Gasteiger partial charge in [0.25, 0.3) is 5.91 Å². The van der Waals surface area contributed by atoms with E-state index in [-0.39, 0.29) is 48.8 Å². The van der Waals surface area contributed by atoms with E-state index in [2.05, 4.69) is 9.97 Å². The Kier molecular flexibility index (Phi) is 9.85. The predicted molar refractivity (Wildman–Crippen MR) is 132 cm³/mol. The first-order valence-electron chi connectivity index (χ1n) is 10.2. The Labute approximate surface area is 209 Å². The molecule has 2 aromatic carbocycles. The minimum atomic E-state index is -0.536. The van der Waals surface area contributed by atoms with Gasteiger partial charge in [-0.25, -0.2) is 14.4 Å². The maximum Gasteiger partial charge on any atom is 0.254 e. The topological polar surface area (TPSA) is 93.8 Å². The molecule has 3 aromatic rings. The average molecular weight is 510 g/mol. The summed E-state index contributed by atoms with van der Waals surface area (Å²) >= 11 is 0. The molecule has 0 saturated carbocycles. The van der Waals surface area contributed by atoms with Crippen LogP contribution in [-0.2, 0) is 6.54 Å². The van der Waals surface area contributed by atoms with Crippen molar-refractivity contribution in [3.8, 4) is 17.2 Å². The number of nitrogens with two attached hydrogens (primary N) is 1. The maximum atomic E-state index is 14.4. The molecular formula is C23H26Cl2FN5O3. The van der Waals surface area contributed by atoms with Crippen LogP contribution < -0.4 is 20.1 Å². The van der Waals surface area contributed by atoms with Crippen molar-refractivity contribution in [1.82, 2.24) is 14.9 Å². The Morgan fingerprint density at radius 1 is 1.00 bits per heavy atom. The molecule has 0 atom stereocenters. The second kappa shape index (κ2) is 12.4. The third kappa shape index (κ3) is 6.05. The standard InChI is InChI=1S/C23H24FN5O3.2ClH/c1-31-20-6-4-17(14-21(20)32-19-5-3-16(15-25)13-18(19)24)22(30)28-9-11-29(12-10-28)23-26-7-2-8-27-23;;/h2-8,13-14H,9-12,15,25H2,1H3;2*1H. The zero-order valence-corrected chi connectivity index (χ0v) is 20.2. The molecule has 1 aliphatic rings. The number of aromatic nitrogens is 2. The van der Waals surface area contributed by atoms with Gasteiger partial charge < -0.3 is 25.0 Å². The van der Waals surface area contributed by atoms with E-state index in [1.807, 2.05) is 4.90 Å². The van der Waals surface area contributed by atoms with Crippen LogP contribution in [-0.4, -0.2) is 54.1 Å². The Bertz CT molecular complexity index is 1100. The molecule has 1 amide bonds. The number of hydrogen-bond donors (Lipinski definition) is 1. The molecule has 4 rings (SSSR count). The summed E-state index contributed by atoms with van der Waals surface area (Å²) in [5.41, 5.74) is 6.65. The van der Waals surface area contributed by atoms with Crippen molar-refractivity contribution in [2.24, 2.45) is 5.73 Å². The van der Waals surface area contributed by atoms with Crippen LogP contribution in [0.2, 0.25) is 0 Å². The fraction of sp³-hybridized carbons (Fsp3) is 0.261. The number of carbonyl (C=O) groups excluding carboxylic acids is 1. The molecule has 0 aliphatic carbocycles. The molecule has 2 heterocycles. The van der Waals surface area contributed by atoms with Crippen molar-refractivity contribution in [2.75, 3.05) is 38.2 Å². The van der Waals surface area contributed by atoms with Crippen molar-refractivity contribution in [2.45, 2.75) is 6.54 Å². The number of hydrogen-bond acceptors (Lipinski definition) is 7. The van der Waals surface area contributed by atoms with Crippen LogP contribution in [0.15, 0.2) is 54.9 Å². The molecule has 0 unspecified atom stereocenters. The van der Waals surface area contributed by atoms with Crippen LogP contribution in [0.25, 0.3) is 0 Å². The van der Waals surface area contributed by atoms with Crippen LogP contribution in [0.1, 0.15) is 15.9 Å². The molecule has 182 valence electrons. The van der Waals surface area contributed by atoms with Gasteiger partial charge in [-0.15, -0.1) is 24.8 Å². The van der Waals surface area contributed by atoms with Gasteiger partial charge in [0.05, 0.1) is 7.11 Å². The highest BCUT2D eigenvalue weighted by atomic mass is 35.5. The quantitative estimate of drug-likeness (QED) is 0.541. The molecule has 34 heavy (non-hydrogen) atoms. The molecule has 0 radical (unpaired) electrons. The lowest BCUT2D eigenvalue weighted by Crippen LogP contribution is -2.49. The first kappa shape index (κ1) is 27.1. The second-order valence-electron chi connectivity index (χ2n) is 7.26. The fourth-order valence-electron chi connectivity index (χ4n) is 3.51. The van der Waals surface area contributed by atoms with Gasteiger partial charge >= 0.3 is 0 Å². The molecule has 1 fully saturated rings. The van der Waals surface area contributed by atoms with E-state index in [9.17, 15) is 9.18 Å². The zero-order chi connectivity index (χ0) is 22.5. The van der Waals surface area contributed by atoms with Gasteiger partial charge in [0.2, 0.25) is 5.95 Å².